The maximum atomic E-state index is 2.39. The molecule has 0 atom stereocenters. The minimum absolute atomic E-state index is 0.777. The van der Waals surface area contributed by atoms with Gasteiger partial charge in [0.15, 0.2) is 0 Å². The van der Waals surface area contributed by atoms with E-state index in [1.165, 1.54) is 74.0 Å². The van der Waals surface area contributed by atoms with Crippen LogP contribution in [0.2, 0.25) is 0 Å². The third kappa shape index (κ3) is 4.14. The zero-order valence-electron chi connectivity index (χ0n) is 15.3. The standard InChI is InChI=1S/C24H30S/c1-3-11-19(12-4-1)21-15-7-9-17-23(21)25-24-18-10-8-16-22(24)20-13-5-2-6-14-20/h7-10,15-20H,1-6,11-14H2. The van der Waals surface area contributed by atoms with E-state index >= 15 is 0 Å². The summed E-state index contributed by atoms with van der Waals surface area (Å²) in [5, 5.41) is 0. The van der Waals surface area contributed by atoms with Gasteiger partial charge in [-0.3, -0.25) is 0 Å². The fraction of sp³-hybridized carbons (Fsp3) is 0.500. The Kier molecular flexibility index (Phi) is 5.82. The van der Waals surface area contributed by atoms with Crippen LogP contribution < -0.4 is 0 Å². The van der Waals surface area contributed by atoms with Gasteiger partial charge in [-0.05, 0) is 60.8 Å². The molecule has 1 heteroatoms. The first kappa shape index (κ1) is 17.2. The van der Waals surface area contributed by atoms with Crippen LogP contribution in [0.15, 0.2) is 58.3 Å². The summed E-state index contributed by atoms with van der Waals surface area (Å²) in [7, 11) is 0. The molecule has 0 heterocycles. The third-order valence-electron chi connectivity index (χ3n) is 6.15. The Bertz CT molecular complexity index is 618. The molecule has 2 saturated carbocycles. The van der Waals surface area contributed by atoms with Crippen molar-refractivity contribution in [2.24, 2.45) is 0 Å². The number of hydrogen-bond acceptors (Lipinski definition) is 1. The monoisotopic (exact) mass is 350 g/mol. The summed E-state index contributed by atoms with van der Waals surface area (Å²) in [6.07, 6.45) is 14.0. The molecular weight excluding hydrogens is 320 g/mol. The summed E-state index contributed by atoms with van der Waals surface area (Å²) in [6, 6.07) is 18.4. The maximum Gasteiger partial charge on any atom is 0.0157 e. The van der Waals surface area contributed by atoms with Gasteiger partial charge in [-0.15, -0.1) is 0 Å². The molecule has 2 aromatic carbocycles. The van der Waals surface area contributed by atoms with Gasteiger partial charge in [-0.25, -0.2) is 0 Å². The van der Waals surface area contributed by atoms with Gasteiger partial charge in [-0.2, -0.15) is 0 Å². The summed E-state index contributed by atoms with van der Waals surface area (Å²) in [6.45, 7) is 0. The van der Waals surface area contributed by atoms with Gasteiger partial charge < -0.3 is 0 Å². The van der Waals surface area contributed by atoms with Crippen molar-refractivity contribution in [1.82, 2.24) is 0 Å². The fourth-order valence-electron chi connectivity index (χ4n) is 4.77. The summed E-state index contributed by atoms with van der Waals surface area (Å²) in [4.78, 5) is 3.00. The first-order valence-corrected chi connectivity index (χ1v) is 11.1. The van der Waals surface area contributed by atoms with Gasteiger partial charge in [0, 0.05) is 9.79 Å². The van der Waals surface area contributed by atoms with Crippen LogP contribution in [-0.2, 0) is 0 Å². The Morgan fingerprint density at radius 1 is 0.520 bits per heavy atom. The van der Waals surface area contributed by atoms with Crippen LogP contribution >= 0.6 is 11.8 Å². The van der Waals surface area contributed by atoms with Crippen molar-refractivity contribution in [2.75, 3.05) is 0 Å². The molecule has 0 aliphatic heterocycles. The Hall–Kier alpha value is -1.21. The second kappa shape index (κ2) is 8.45. The summed E-state index contributed by atoms with van der Waals surface area (Å²) in [5.41, 5.74) is 3.20. The zero-order chi connectivity index (χ0) is 16.9. The molecule has 2 aliphatic carbocycles. The highest BCUT2D eigenvalue weighted by molar-refractivity contribution is 7.99. The average molecular weight is 351 g/mol. The first-order chi connectivity index (χ1) is 12.4. The van der Waals surface area contributed by atoms with E-state index in [-0.39, 0.29) is 0 Å². The van der Waals surface area contributed by atoms with Crippen LogP contribution in [-0.4, -0.2) is 0 Å². The van der Waals surface area contributed by atoms with Crippen molar-refractivity contribution in [3.63, 3.8) is 0 Å². The van der Waals surface area contributed by atoms with Crippen LogP contribution in [0.1, 0.15) is 87.2 Å². The van der Waals surface area contributed by atoms with E-state index in [2.05, 4.69) is 48.5 Å². The Labute approximate surface area is 157 Å². The molecule has 0 spiro atoms. The summed E-state index contributed by atoms with van der Waals surface area (Å²) < 4.78 is 0. The molecule has 0 radical (unpaired) electrons. The SMILES string of the molecule is c1ccc(C2CCCCC2)c(Sc2ccccc2C2CCCCC2)c1. The second-order valence-corrected chi connectivity index (χ2v) is 8.93. The van der Waals surface area contributed by atoms with E-state index in [0.29, 0.717) is 0 Å². The van der Waals surface area contributed by atoms with Crippen molar-refractivity contribution >= 4 is 11.8 Å². The minimum atomic E-state index is 0.777. The Balaban J connectivity index is 1.60. The van der Waals surface area contributed by atoms with E-state index in [1.54, 1.807) is 11.1 Å². The summed E-state index contributed by atoms with van der Waals surface area (Å²) >= 11 is 2.03. The molecule has 0 amide bonds. The topological polar surface area (TPSA) is 0 Å². The predicted molar refractivity (Wildman–Crippen MR) is 109 cm³/mol. The third-order valence-corrected chi connectivity index (χ3v) is 7.33. The highest BCUT2D eigenvalue weighted by Gasteiger charge is 2.21. The first-order valence-electron chi connectivity index (χ1n) is 10.3. The van der Waals surface area contributed by atoms with Crippen LogP contribution in [0.3, 0.4) is 0 Å². The lowest BCUT2D eigenvalue weighted by atomic mass is 9.84. The van der Waals surface area contributed by atoms with Crippen molar-refractivity contribution in [3.05, 3.63) is 59.7 Å². The van der Waals surface area contributed by atoms with Gasteiger partial charge in [0.25, 0.3) is 0 Å². The van der Waals surface area contributed by atoms with Crippen LogP contribution in [0.25, 0.3) is 0 Å². The van der Waals surface area contributed by atoms with E-state index in [1.807, 2.05) is 11.8 Å². The molecule has 0 aromatic heterocycles. The largest absolute Gasteiger partial charge is 0.0895 e. The minimum Gasteiger partial charge on any atom is -0.0895 e. The number of hydrogen-bond donors (Lipinski definition) is 0. The lowest BCUT2D eigenvalue weighted by Gasteiger charge is -2.26. The van der Waals surface area contributed by atoms with E-state index in [0.717, 1.165) is 11.8 Å². The number of rotatable bonds is 4. The van der Waals surface area contributed by atoms with Gasteiger partial charge >= 0.3 is 0 Å². The molecule has 2 fully saturated rings. The van der Waals surface area contributed by atoms with Crippen molar-refractivity contribution in [1.29, 1.82) is 0 Å². The maximum absolute atomic E-state index is 2.39. The molecule has 25 heavy (non-hydrogen) atoms. The highest BCUT2D eigenvalue weighted by Crippen LogP contribution is 2.43. The van der Waals surface area contributed by atoms with Crippen LogP contribution in [0.5, 0.6) is 0 Å². The zero-order valence-corrected chi connectivity index (χ0v) is 16.1. The molecular formula is C24H30S. The molecule has 0 N–H and O–H groups in total. The van der Waals surface area contributed by atoms with Crippen LogP contribution in [0.4, 0.5) is 0 Å². The average Bonchev–Trinajstić information content (AvgIpc) is 2.70. The molecule has 0 bridgehead atoms. The van der Waals surface area contributed by atoms with Crippen molar-refractivity contribution in [2.45, 2.75) is 85.8 Å². The Morgan fingerprint density at radius 3 is 1.36 bits per heavy atom. The normalized spacial score (nSPS) is 19.8. The van der Waals surface area contributed by atoms with Gasteiger partial charge in [0.2, 0.25) is 0 Å². The van der Waals surface area contributed by atoms with E-state index < -0.39 is 0 Å². The smallest absolute Gasteiger partial charge is 0.0157 e. The molecule has 4 rings (SSSR count). The molecule has 132 valence electrons. The molecule has 0 unspecified atom stereocenters. The highest BCUT2D eigenvalue weighted by atomic mass is 32.2. The van der Waals surface area contributed by atoms with Gasteiger partial charge in [-0.1, -0.05) is 86.7 Å². The molecule has 0 nitrogen and oxygen atoms in total. The predicted octanol–water partition coefficient (Wildman–Crippen LogP) is 7.93. The van der Waals surface area contributed by atoms with E-state index in [4.69, 9.17) is 0 Å². The molecule has 0 saturated heterocycles. The van der Waals surface area contributed by atoms with Gasteiger partial charge in [0.1, 0.15) is 0 Å². The second-order valence-electron chi connectivity index (χ2n) is 7.85. The molecule has 2 aromatic rings. The van der Waals surface area contributed by atoms with Gasteiger partial charge in [0.05, 0.1) is 0 Å². The number of benzene rings is 2. The lowest BCUT2D eigenvalue weighted by molar-refractivity contribution is 0.438. The van der Waals surface area contributed by atoms with E-state index in [9.17, 15) is 0 Å². The summed E-state index contributed by atoms with van der Waals surface area (Å²) in [5.74, 6) is 1.55. The fourth-order valence-corrected chi connectivity index (χ4v) is 6.00. The quantitative estimate of drug-likeness (QED) is 0.539. The lowest BCUT2D eigenvalue weighted by Crippen LogP contribution is -2.07. The van der Waals surface area contributed by atoms with Crippen LogP contribution in [0, 0.1) is 0 Å². The van der Waals surface area contributed by atoms with Crippen molar-refractivity contribution in [3.8, 4) is 0 Å². The molecule has 2 aliphatic rings. The Morgan fingerprint density at radius 2 is 0.920 bits per heavy atom. The van der Waals surface area contributed by atoms with Crippen molar-refractivity contribution < 1.29 is 0 Å².